The fourth-order valence-corrected chi connectivity index (χ4v) is 2.73. The summed E-state index contributed by atoms with van der Waals surface area (Å²) < 4.78 is 1.90. The Bertz CT molecular complexity index is 521. The lowest BCUT2D eigenvalue weighted by molar-refractivity contribution is 0.475. The van der Waals surface area contributed by atoms with E-state index in [1.807, 2.05) is 19.1 Å². The molecule has 0 bridgehead atoms. The van der Waals surface area contributed by atoms with Crippen molar-refractivity contribution in [3.05, 3.63) is 50.7 Å². The number of hydrogen-bond donors (Lipinski definition) is 2. The lowest BCUT2D eigenvalue weighted by Crippen LogP contribution is -2.03. The van der Waals surface area contributed by atoms with Gasteiger partial charge in [-0.15, -0.1) is 0 Å². The van der Waals surface area contributed by atoms with Gasteiger partial charge in [0.2, 0.25) is 0 Å². The highest BCUT2D eigenvalue weighted by atomic mass is 79.9. The van der Waals surface area contributed by atoms with E-state index >= 15 is 0 Å². The second-order valence-electron chi connectivity index (χ2n) is 3.93. The van der Waals surface area contributed by atoms with Gasteiger partial charge < -0.3 is 10.4 Å². The van der Waals surface area contributed by atoms with Crippen molar-refractivity contribution in [1.82, 2.24) is 4.98 Å². The minimum absolute atomic E-state index is 0.279. The summed E-state index contributed by atoms with van der Waals surface area (Å²) in [5, 5.41) is 12.6. The molecule has 1 aromatic carbocycles. The molecule has 94 valence electrons. The fourth-order valence-electron chi connectivity index (χ4n) is 1.60. The van der Waals surface area contributed by atoms with Crippen molar-refractivity contribution in [2.45, 2.75) is 13.5 Å². The highest BCUT2D eigenvalue weighted by molar-refractivity contribution is 9.11. The predicted octanol–water partition coefficient (Wildman–Crippen LogP) is 4.23. The van der Waals surface area contributed by atoms with E-state index in [0.29, 0.717) is 6.54 Å². The van der Waals surface area contributed by atoms with Gasteiger partial charge in [0.15, 0.2) is 0 Å². The Morgan fingerprint density at radius 1 is 1.28 bits per heavy atom. The van der Waals surface area contributed by atoms with Crippen LogP contribution in [-0.2, 0) is 6.54 Å². The molecule has 2 aromatic rings. The van der Waals surface area contributed by atoms with Crippen LogP contribution < -0.4 is 5.32 Å². The molecule has 1 aromatic heterocycles. The zero-order valence-corrected chi connectivity index (χ0v) is 12.9. The first-order chi connectivity index (χ1) is 8.56. The minimum atomic E-state index is 0.279. The number of hydrogen-bond acceptors (Lipinski definition) is 3. The summed E-state index contributed by atoms with van der Waals surface area (Å²) >= 11 is 6.85. The third-order valence-corrected chi connectivity index (χ3v) is 3.66. The maximum atomic E-state index is 9.34. The third kappa shape index (κ3) is 3.23. The van der Waals surface area contributed by atoms with E-state index in [1.165, 1.54) is 0 Å². The zero-order chi connectivity index (χ0) is 13.1. The van der Waals surface area contributed by atoms with Crippen molar-refractivity contribution < 1.29 is 5.11 Å². The highest BCUT2D eigenvalue weighted by Gasteiger charge is 2.04. The van der Waals surface area contributed by atoms with Crippen molar-refractivity contribution in [1.29, 1.82) is 0 Å². The van der Waals surface area contributed by atoms with Crippen molar-refractivity contribution in [3.63, 3.8) is 0 Å². The zero-order valence-electron chi connectivity index (χ0n) is 9.74. The first-order valence-electron chi connectivity index (χ1n) is 5.39. The summed E-state index contributed by atoms with van der Waals surface area (Å²) in [5.41, 5.74) is 2.93. The number of halogens is 2. The molecule has 0 saturated carbocycles. The Morgan fingerprint density at radius 3 is 2.72 bits per heavy atom. The number of nitrogens with one attached hydrogen (secondary N) is 1. The molecule has 3 nitrogen and oxygen atoms in total. The number of aryl methyl sites for hydroxylation is 1. The standard InChI is InChI=1S/C13H12Br2N2O/c1-8-4-10(18)2-3-12(8)17-7-13-11(15)5-9(14)6-16-13/h2-6,17-18H,7H2,1H3. The molecule has 0 aliphatic heterocycles. The Labute approximate surface area is 123 Å². The summed E-state index contributed by atoms with van der Waals surface area (Å²) in [6.45, 7) is 2.57. The van der Waals surface area contributed by atoms with Crippen LogP contribution >= 0.6 is 31.9 Å². The van der Waals surface area contributed by atoms with Gasteiger partial charge in [0.1, 0.15) is 5.75 Å². The number of phenols is 1. The van der Waals surface area contributed by atoms with Crippen molar-refractivity contribution in [2.75, 3.05) is 5.32 Å². The van der Waals surface area contributed by atoms with Gasteiger partial charge >= 0.3 is 0 Å². The number of aromatic hydroxyl groups is 1. The molecule has 2 rings (SSSR count). The van der Waals surface area contributed by atoms with Crippen molar-refractivity contribution >= 4 is 37.5 Å². The first kappa shape index (κ1) is 13.4. The van der Waals surface area contributed by atoms with Gasteiger partial charge in [0.25, 0.3) is 0 Å². The van der Waals surface area contributed by atoms with Crippen molar-refractivity contribution in [2.24, 2.45) is 0 Å². The highest BCUT2D eigenvalue weighted by Crippen LogP contribution is 2.23. The van der Waals surface area contributed by atoms with E-state index in [9.17, 15) is 5.11 Å². The van der Waals surface area contributed by atoms with Gasteiger partial charge in [-0.1, -0.05) is 0 Å². The average Bonchev–Trinajstić information content (AvgIpc) is 2.30. The lowest BCUT2D eigenvalue weighted by atomic mass is 10.2. The van der Waals surface area contributed by atoms with Crippen LogP contribution in [0.25, 0.3) is 0 Å². The van der Waals surface area contributed by atoms with Gasteiger partial charge in [0.05, 0.1) is 12.2 Å². The molecule has 0 unspecified atom stereocenters. The second kappa shape index (κ2) is 5.71. The fraction of sp³-hybridized carbons (Fsp3) is 0.154. The number of anilines is 1. The normalized spacial score (nSPS) is 10.4. The number of benzene rings is 1. The molecule has 0 amide bonds. The van der Waals surface area contributed by atoms with E-state index in [2.05, 4.69) is 42.2 Å². The topological polar surface area (TPSA) is 45.1 Å². The molecule has 0 saturated heterocycles. The molecule has 18 heavy (non-hydrogen) atoms. The van der Waals surface area contributed by atoms with Crippen LogP contribution in [0.2, 0.25) is 0 Å². The maximum Gasteiger partial charge on any atom is 0.115 e. The molecule has 0 spiro atoms. The number of aromatic nitrogens is 1. The van der Waals surface area contributed by atoms with Gasteiger partial charge in [-0.2, -0.15) is 0 Å². The van der Waals surface area contributed by atoms with Crippen LogP contribution in [0.5, 0.6) is 5.75 Å². The van der Waals surface area contributed by atoms with Gasteiger partial charge in [-0.25, -0.2) is 0 Å². The third-order valence-electron chi connectivity index (χ3n) is 2.54. The average molecular weight is 372 g/mol. The predicted molar refractivity (Wildman–Crippen MR) is 79.8 cm³/mol. The van der Waals surface area contributed by atoms with Crippen molar-refractivity contribution in [3.8, 4) is 5.75 Å². The van der Waals surface area contributed by atoms with Gasteiger partial charge in [-0.05, 0) is 68.6 Å². The second-order valence-corrected chi connectivity index (χ2v) is 5.70. The summed E-state index contributed by atoms with van der Waals surface area (Å²) in [5.74, 6) is 0.279. The van der Waals surface area contributed by atoms with E-state index < -0.39 is 0 Å². The first-order valence-corrected chi connectivity index (χ1v) is 6.98. The molecule has 0 radical (unpaired) electrons. The van der Waals surface area contributed by atoms with Crippen LogP contribution in [0.1, 0.15) is 11.3 Å². The molecular formula is C13H12Br2N2O. The summed E-state index contributed by atoms with van der Waals surface area (Å²) in [7, 11) is 0. The molecule has 1 heterocycles. The van der Waals surface area contributed by atoms with Crippen LogP contribution in [0.4, 0.5) is 5.69 Å². The molecule has 0 atom stereocenters. The summed E-state index contributed by atoms with van der Waals surface area (Å²) in [6, 6.07) is 7.22. The Kier molecular flexibility index (Phi) is 4.24. The largest absolute Gasteiger partial charge is 0.508 e. The molecule has 0 aliphatic rings. The lowest BCUT2D eigenvalue weighted by Gasteiger charge is -2.10. The number of pyridine rings is 1. The molecule has 5 heteroatoms. The van der Waals surface area contributed by atoms with Crippen LogP contribution in [-0.4, -0.2) is 10.1 Å². The van der Waals surface area contributed by atoms with Gasteiger partial charge in [0, 0.05) is 20.8 Å². The Morgan fingerprint density at radius 2 is 2.06 bits per heavy atom. The van der Waals surface area contributed by atoms with Crippen LogP contribution in [0, 0.1) is 6.92 Å². The quantitative estimate of drug-likeness (QED) is 0.793. The minimum Gasteiger partial charge on any atom is -0.508 e. The Hall–Kier alpha value is -1.07. The van der Waals surface area contributed by atoms with E-state index in [4.69, 9.17) is 0 Å². The number of nitrogens with zero attached hydrogens (tertiary/aromatic N) is 1. The summed E-state index contributed by atoms with van der Waals surface area (Å²) in [4.78, 5) is 4.33. The monoisotopic (exact) mass is 370 g/mol. The van der Waals surface area contributed by atoms with Crippen LogP contribution in [0.3, 0.4) is 0 Å². The van der Waals surface area contributed by atoms with E-state index in [0.717, 1.165) is 25.9 Å². The Balaban J connectivity index is 2.11. The van der Waals surface area contributed by atoms with Crippen LogP contribution in [0.15, 0.2) is 39.4 Å². The SMILES string of the molecule is Cc1cc(O)ccc1NCc1ncc(Br)cc1Br. The van der Waals surface area contributed by atoms with Gasteiger partial charge in [-0.3, -0.25) is 4.98 Å². The summed E-state index contributed by atoms with van der Waals surface area (Å²) in [6.07, 6.45) is 1.77. The van der Waals surface area contributed by atoms with E-state index in [-0.39, 0.29) is 5.75 Å². The number of rotatable bonds is 3. The molecule has 2 N–H and O–H groups in total. The molecule has 0 aliphatic carbocycles. The maximum absolute atomic E-state index is 9.34. The number of phenolic OH excluding ortho intramolecular Hbond substituents is 1. The smallest absolute Gasteiger partial charge is 0.115 e. The van der Waals surface area contributed by atoms with E-state index in [1.54, 1.807) is 18.3 Å². The molecule has 0 fully saturated rings. The molecular weight excluding hydrogens is 360 g/mol.